The number of fused-ring (bicyclic) bond motifs is 1. The van der Waals surface area contributed by atoms with E-state index in [0.717, 1.165) is 0 Å². The van der Waals surface area contributed by atoms with Gasteiger partial charge in [-0.3, -0.25) is 0 Å². The molecule has 15 heavy (non-hydrogen) atoms. The Labute approximate surface area is 93.9 Å². The summed E-state index contributed by atoms with van der Waals surface area (Å²) in [6.45, 7) is 4.00. The molecule has 1 nitrogen and oxygen atoms in total. The van der Waals surface area contributed by atoms with Crippen molar-refractivity contribution in [2.24, 2.45) is 0 Å². The van der Waals surface area contributed by atoms with E-state index in [2.05, 4.69) is 36.6 Å². The summed E-state index contributed by atoms with van der Waals surface area (Å²) >= 11 is 0. The number of hydrogen-bond donors (Lipinski definition) is 1. The Morgan fingerprint density at radius 1 is 1.13 bits per heavy atom. The lowest BCUT2D eigenvalue weighted by Gasteiger charge is -2.16. The fourth-order valence-electron chi connectivity index (χ4n) is 2.22. The Kier molecular flexibility index (Phi) is 5.41. The van der Waals surface area contributed by atoms with Crippen LogP contribution in [-0.4, -0.2) is 7.05 Å². The summed E-state index contributed by atoms with van der Waals surface area (Å²) < 4.78 is 0. The molecule has 1 aliphatic rings. The zero-order valence-electron chi connectivity index (χ0n) is 10.2. The second-order valence-electron chi connectivity index (χ2n) is 3.79. The maximum Gasteiger partial charge on any atom is 0.0320 e. The Morgan fingerprint density at radius 2 is 1.87 bits per heavy atom. The van der Waals surface area contributed by atoms with Crippen LogP contribution in [0.15, 0.2) is 24.3 Å². The van der Waals surface area contributed by atoms with Gasteiger partial charge in [-0.05, 0) is 37.4 Å². The van der Waals surface area contributed by atoms with Gasteiger partial charge < -0.3 is 5.32 Å². The molecule has 0 saturated heterocycles. The van der Waals surface area contributed by atoms with Crippen LogP contribution < -0.4 is 5.32 Å². The van der Waals surface area contributed by atoms with Crippen LogP contribution in [0.1, 0.15) is 50.3 Å². The van der Waals surface area contributed by atoms with Crippen molar-refractivity contribution >= 4 is 0 Å². The molecule has 0 fully saturated rings. The van der Waals surface area contributed by atoms with Gasteiger partial charge in [-0.2, -0.15) is 0 Å². The van der Waals surface area contributed by atoms with Gasteiger partial charge in [0.2, 0.25) is 0 Å². The van der Waals surface area contributed by atoms with Gasteiger partial charge in [0.05, 0.1) is 0 Å². The van der Waals surface area contributed by atoms with E-state index in [4.69, 9.17) is 0 Å². The van der Waals surface area contributed by atoms with Gasteiger partial charge in [-0.25, -0.2) is 0 Å². The van der Waals surface area contributed by atoms with Crippen LogP contribution in [0.5, 0.6) is 0 Å². The summed E-state index contributed by atoms with van der Waals surface area (Å²) in [5.41, 5.74) is 3.06. The largest absolute Gasteiger partial charge is 0.313 e. The molecule has 1 unspecified atom stereocenters. The molecule has 1 aromatic carbocycles. The molecule has 0 amide bonds. The number of rotatable bonds is 1. The third-order valence-electron chi connectivity index (χ3n) is 2.97. The van der Waals surface area contributed by atoms with Crippen LogP contribution in [0.2, 0.25) is 0 Å². The highest BCUT2D eigenvalue weighted by molar-refractivity contribution is 5.30. The minimum Gasteiger partial charge on any atom is -0.313 e. The Bertz CT molecular complexity index is 280. The zero-order chi connectivity index (χ0) is 11.1. The molecule has 0 heterocycles. The first kappa shape index (κ1) is 12.3. The summed E-state index contributed by atoms with van der Waals surface area (Å²) in [6.07, 6.45) is 5.23. The molecule has 1 N–H and O–H groups in total. The minimum absolute atomic E-state index is 0.582. The lowest BCUT2D eigenvalue weighted by Crippen LogP contribution is -2.16. The number of benzene rings is 1. The van der Waals surface area contributed by atoms with E-state index in [1.807, 2.05) is 13.8 Å². The van der Waals surface area contributed by atoms with Crippen molar-refractivity contribution in [2.75, 3.05) is 7.05 Å². The fourth-order valence-corrected chi connectivity index (χ4v) is 2.22. The molecule has 1 aliphatic carbocycles. The van der Waals surface area contributed by atoms with Crippen LogP contribution in [0.25, 0.3) is 0 Å². The summed E-state index contributed by atoms with van der Waals surface area (Å²) in [5, 5.41) is 3.40. The molecule has 0 aromatic heterocycles. The van der Waals surface area contributed by atoms with Crippen LogP contribution in [0.3, 0.4) is 0 Å². The highest BCUT2D eigenvalue weighted by atomic mass is 14.9. The minimum atomic E-state index is 0.582. The van der Waals surface area contributed by atoms with E-state index in [1.165, 1.54) is 31.2 Å². The van der Waals surface area contributed by atoms with Crippen LogP contribution in [-0.2, 0) is 6.42 Å². The van der Waals surface area contributed by atoms with E-state index in [-0.39, 0.29) is 0 Å². The third kappa shape index (κ3) is 3.07. The third-order valence-corrected chi connectivity index (χ3v) is 2.97. The monoisotopic (exact) mass is 205 g/mol. The van der Waals surface area contributed by atoms with E-state index >= 15 is 0 Å². The molecule has 0 bridgehead atoms. The molecule has 1 heteroatoms. The van der Waals surface area contributed by atoms with Gasteiger partial charge in [-0.1, -0.05) is 44.5 Å². The van der Waals surface area contributed by atoms with E-state index < -0.39 is 0 Å². The number of nitrogens with one attached hydrogen (secondary N) is 1. The second-order valence-corrected chi connectivity index (χ2v) is 3.79. The van der Waals surface area contributed by atoms with Crippen molar-refractivity contribution in [2.45, 2.75) is 45.6 Å². The van der Waals surface area contributed by atoms with E-state index in [1.54, 1.807) is 5.56 Å². The molecule has 1 aromatic rings. The van der Waals surface area contributed by atoms with Gasteiger partial charge in [0, 0.05) is 6.04 Å². The molecular formula is C14H23N. The standard InChI is InChI=1S/C12H17N.C2H6/c1-13-12-9-5-3-7-10-6-2-4-8-11(10)12;1-2/h2,4,6,8,12-13H,3,5,7,9H2,1H3;1-2H3. The summed E-state index contributed by atoms with van der Waals surface area (Å²) in [4.78, 5) is 0. The van der Waals surface area contributed by atoms with Crippen LogP contribution in [0, 0.1) is 0 Å². The fraction of sp³-hybridized carbons (Fsp3) is 0.571. The van der Waals surface area contributed by atoms with Gasteiger partial charge in [0.1, 0.15) is 0 Å². The van der Waals surface area contributed by atoms with Crippen molar-refractivity contribution in [1.82, 2.24) is 5.32 Å². The van der Waals surface area contributed by atoms with Crippen LogP contribution >= 0.6 is 0 Å². The highest BCUT2D eigenvalue weighted by Crippen LogP contribution is 2.27. The first-order chi connectivity index (χ1) is 7.42. The summed E-state index contributed by atoms with van der Waals surface area (Å²) in [7, 11) is 2.06. The molecule has 0 saturated carbocycles. The quantitative estimate of drug-likeness (QED) is 0.689. The maximum absolute atomic E-state index is 3.40. The lowest BCUT2D eigenvalue weighted by atomic mass is 9.99. The molecular weight excluding hydrogens is 182 g/mol. The summed E-state index contributed by atoms with van der Waals surface area (Å²) in [6, 6.07) is 9.41. The molecule has 0 radical (unpaired) electrons. The maximum atomic E-state index is 3.40. The predicted molar refractivity (Wildman–Crippen MR) is 67.1 cm³/mol. The second kappa shape index (κ2) is 6.62. The van der Waals surface area contributed by atoms with Gasteiger partial charge >= 0.3 is 0 Å². The Balaban J connectivity index is 0.000000531. The van der Waals surface area contributed by atoms with Gasteiger partial charge in [0.15, 0.2) is 0 Å². The average molecular weight is 205 g/mol. The smallest absolute Gasteiger partial charge is 0.0320 e. The Hall–Kier alpha value is -0.820. The first-order valence-electron chi connectivity index (χ1n) is 6.17. The van der Waals surface area contributed by atoms with Gasteiger partial charge in [-0.15, -0.1) is 0 Å². The van der Waals surface area contributed by atoms with E-state index in [9.17, 15) is 0 Å². The summed E-state index contributed by atoms with van der Waals surface area (Å²) in [5.74, 6) is 0. The lowest BCUT2D eigenvalue weighted by molar-refractivity contribution is 0.533. The van der Waals surface area contributed by atoms with Crippen molar-refractivity contribution < 1.29 is 0 Å². The molecule has 84 valence electrons. The SMILES string of the molecule is CC.CNC1CCCCc2ccccc21. The molecule has 1 atom stereocenters. The Morgan fingerprint density at radius 3 is 2.60 bits per heavy atom. The van der Waals surface area contributed by atoms with Crippen molar-refractivity contribution in [1.29, 1.82) is 0 Å². The number of hydrogen-bond acceptors (Lipinski definition) is 1. The van der Waals surface area contributed by atoms with Crippen molar-refractivity contribution in [3.63, 3.8) is 0 Å². The van der Waals surface area contributed by atoms with Gasteiger partial charge in [0.25, 0.3) is 0 Å². The molecule has 0 aliphatic heterocycles. The normalized spacial score (nSPS) is 19.5. The predicted octanol–water partition coefficient (Wildman–Crippen LogP) is 3.70. The van der Waals surface area contributed by atoms with Crippen LogP contribution in [0.4, 0.5) is 0 Å². The average Bonchev–Trinajstić information content (AvgIpc) is 2.53. The molecule has 2 rings (SSSR count). The molecule has 0 spiro atoms. The van der Waals surface area contributed by atoms with E-state index in [0.29, 0.717) is 6.04 Å². The first-order valence-corrected chi connectivity index (χ1v) is 6.17. The van der Waals surface area contributed by atoms with Crippen molar-refractivity contribution in [3.8, 4) is 0 Å². The number of aryl methyl sites for hydroxylation is 1. The zero-order valence-corrected chi connectivity index (χ0v) is 10.2. The topological polar surface area (TPSA) is 12.0 Å². The van der Waals surface area contributed by atoms with Crippen molar-refractivity contribution in [3.05, 3.63) is 35.4 Å². The highest BCUT2D eigenvalue weighted by Gasteiger charge is 2.15.